The van der Waals surface area contributed by atoms with Crippen molar-refractivity contribution in [2.24, 2.45) is 0 Å². The third-order valence-electron chi connectivity index (χ3n) is 5.01. The number of nitrogens with one attached hydrogen (secondary N) is 1. The average molecular weight is 323 g/mol. The lowest BCUT2D eigenvalue weighted by molar-refractivity contribution is 0.263. The van der Waals surface area contributed by atoms with E-state index in [1.165, 1.54) is 36.0 Å². The number of aromatic amines is 1. The number of benzene rings is 1. The molecule has 1 saturated heterocycles. The van der Waals surface area contributed by atoms with Gasteiger partial charge in [-0.25, -0.2) is 9.89 Å². The van der Waals surface area contributed by atoms with E-state index in [9.17, 15) is 4.79 Å². The van der Waals surface area contributed by atoms with Crippen LogP contribution < -0.4 is 5.69 Å². The van der Waals surface area contributed by atoms with Crippen LogP contribution in [0, 0.1) is 6.92 Å². The zero-order chi connectivity index (χ0) is 16.7. The Morgan fingerprint density at radius 3 is 2.58 bits per heavy atom. The van der Waals surface area contributed by atoms with Gasteiger partial charge in [-0.1, -0.05) is 24.3 Å². The van der Waals surface area contributed by atoms with Crippen LogP contribution in [0.2, 0.25) is 0 Å². The predicted molar refractivity (Wildman–Crippen MR) is 93.0 cm³/mol. The molecule has 0 spiro atoms. The molecule has 0 bridgehead atoms. The number of hydrogen-bond donors (Lipinski definition) is 1. The molecule has 0 aliphatic carbocycles. The van der Waals surface area contributed by atoms with Crippen molar-refractivity contribution in [2.45, 2.75) is 32.7 Å². The van der Waals surface area contributed by atoms with Crippen LogP contribution in [-0.2, 0) is 0 Å². The van der Waals surface area contributed by atoms with Gasteiger partial charge in [0.1, 0.15) is 5.52 Å². The van der Waals surface area contributed by atoms with Crippen molar-refractivity contribution in [3.05, 3.63) is 52.2 Å². The largest absolute Gasteiger partial charge is 0.363 e. The molecule has 1 atom stereocenters. The first kappa shape index (κ1) is 15.1. The second kappa shape index (κ2) is 5.87. The Balaban J connectivity index is 1.72. The van der Waals surface area contributed by atoms with Crippen LogP contribution in [0.25, 0.3) is 16.6 Å². The van der Waals surface area contributed by atoms with Gasteiger partial charge in [-0.2, -0.15) is 14.7 Å². The Morgan fingerprint density at radius 2 is 1.88 bits per heavy atom. The zero-order valence-corrected chi connectivity index (χ0v) is 14.0. The van der Waals surface area contributed by atoms with Crippen molar-refractivity contribution in [3.8, 4) is 11.1 Å². The molecule has 0 radical (unpaired) electrons. The highest BCUT2D eigenvalue weighted by Gasteiger charge is 2.20. The van der Waals surface area contributed by atoms with Gasteiger partial charge in [-0.3, -0.25) is 4.90 Å². The summed E-state index contributed by atoms with van der Waals surface area (Å²) in [6.45, 7) is 6.56. The molecule has 0 saturated carbocycles. The number of aromatic nitrogens is 4. The van der Waals surface area contributed by atoms with Gasteiger partial charge in [0, 0.05) is 11.6 Å². The average Bonchev–Trinajstić information content (AvgIpc) is 3.23. The molecule has 0 unspecified atom stereocenters. The molecule has 1 N–H and O–H groups in total. The first-order chi connectivity index (χ1) is 11.6. The van der Waals surface area contributed by atoms with E-state index in [-0.39, 0.29) is 5.69 Å². The summed E-state index contributed by atoms with van der Waals surface area (Å²) in [5.41, 5.74) is 4.60. The lowest BCUT2D eigenvalue weighted by Crippen LogP contribution is -2.23. The number of hydrogen-bond acceptors (Lipinski definition) is 4. The van der Waals surface area contributed by atoms with Gasteiger partial charge in [0.15, 0.2) is 0 Å². The Bertz CT molecular complexity index is 919. The van der Waals surface area contributed by atoms with E-state index in [4.69, 9.17) is 0 Å². The second-order valence-corrected chi connectivity index (χ2v) is 6.47. The molecule has 1 aliphatic rings. The van der Waals surface area contributed by atoms with Crippen LogP contribution in [0.1, 0.15) is 37.1 Å². The van der Waals surface area contributed by atoms with Gasteiger partial charge in [-0.05, 0) is 50.9 Å². The van der Waals surface area contributed by atoms with Crippen LogP contribution in [0.15, 0.2) is 35.3 Å². The maximum Gasteiger partial charge on any atom is 0.363 e. The molecule has 1 fully saturated rings. The summed E-state index contributed by atoms with van der Waals surface area (Å²) in [4.78, 5) is 14.4. The minimum atomic E-state index is -0.318. The maximum absolute atomic E-state index is 11.8. The van der Waals surface area contributed by atoms with Crippen molar-refractivity contribution >= 4 is 5.52 Å². The fourth-order valence-corrected chi connectivity index (χ4v) is 3.64. The van der Waals surface area contributed by atoms with Gasteiger partial charge in [-0.15, -0.1) is 0 Å². The van der Waals surface area contributed by atoms with Gasteiger partial charge in [0.05, 0.1) is 11.9 Å². The van der Waals surface area contributed by atoms with Crippen LogP contribution >= 0.6 is 0 Å². The molecule has 4 rings (SSSR count). The van der Waals surface area contributed by atoms with Crippen molar-refractivity contribution in [1.82, 2.24) is 24.7 Å². The highest BCUT2D eigenvalue weighted by molar-refractivity contribution is 5.81. The SMILES string of the molecule is Cc1nn2c(=O)[nH]ncc2c1-c1ccc([C@@H](C)N2CCCC2)cc1. The summed E-state index contributed by atoms with van der Waals surface area (Å²) < 4.78 is 1.37. The summed E-state index contributed by atoms with van der Waals surface area (Å²) in [7, 11) is 0. The Hall–Kier alpha value is -2.47. The third-order valence-corrected chi connectivity index (χ3v) is 5.01. The van der Waals surface area contributed by atoms with E-state index < -0.39 is 0 Å². The van der Waals surface area contributed by atoms with E-state index >= 15 is 0 Å². The monoisotopic (exact) mass is 323 g/mol. The summed E-state index contributed by atoms with van der Waals surface area (Å²) in [6.07, 6.45) is 4.24. The van der Waals surface area contributed by atoms with Crippen molar-refractivity contribution in [2.75, 3.05) is 13.1 Å². The van der Waals surface area contributed by atoms with Crippen molar-refractivity contribution < 1.29 is 0 Å². The number of rotatable bonds is 3. The lowest BCUT2D eigenvalue weighted by Gasteiger charge is -2.24. The standard InChI is InChI=1S/C18H21N5O/c1-12-17(16-11-19-20-18(24)23(16)21-12)15-7-5-14(6-8-15)13(2)22-9-3-4-10-22/h5-8,11,13H,3-4,9-10H2,1-2H3,(H,20,24)/t13-/m1/s1. The molecular weight excluding hydrogens is 302 g/mol. The first-order valence-corrected chi connectivity index (χ1v) is 8.42. The molecule has 1 aromatic carbocycles. The van der Waals surface area contributed by atoms with Gasteiger partial charge in [0.2, 0.25) is 0 Å². The van der Waals surface area contributed by atoms with Crippen molar-refractivity contribution in [1.29, 1.82) is 0 Å². The summed E-state index contributed by atoms with van der Waals surface area (Å²) in [5.74, 6) is 0. The fraction of sp³-hybridized carbons (Fsp3) is 0.389. The minimum Gasteiger partial charge on any atom is -0.297 e. The van der Waals surface area contributed by atoms with Gasteiger partial charge >= 0.3 is 5.69 Å². The quantitative estimate of drug-likeness (QED) is 0.804. The Kier molecular flexibility index (Phi) is 3.69. The van der Waals surface area contributed by atoms with Crippen molar-refractivity contribution in [3.63, 3.8) is 0 Å². The molecule has 3 heterocycles. The number of likely N-dealkylation sites (tertiary alicyclic amines) is 1. The number of H-pyrrole nitrogens is 1. The normalized spacial score (nSPS) is 16.8. The maximum atomic E-state index is 11.8. The summed E-state index contributed by atoms with van der Waals surface area (Å²) in [6, 6.07) is 9.04. The van der Waals surface area contributed by atoms with Gasteiger partial charge < -0.3 is 0 Å². The summed E-state index contributed by atoms with van der Waals surface area (Å²) >= 11 is 0. The Morgan fingerprint density at radius 1 is 1.17 bits per heavy atom. The molecule has 3 aromatic rings. The number of aryl methyl sites for hydroxylation is 1. The minimum absolute atomic E-state index is 0.318. The molecule has 6 heteroatoms. The Labute approximate surface area is 140 Å². The van der Waals surface area contributed by atoms with E-state index in [0.29, 0.717) is 6.04 Å². The zero-order valence-electron chi connectivity index (χ0n) is 14.0. The van der Waals surface area contributed by atoms with Crippen LogP contribution in [0.3, 0.4) is 0 Å². The van der Waals surface area contributed by atoms with E-state index in [0.717, 1.165) is 22.3 Å². The van der Waals surface area contributed by atoms with Crippen LogP contribution in [0.4, 0.5) is 0 Å². The fourth-order valence-electron chi connectivity index (χ4n) is 3.64. The molecular formula is C18H21N5O. The van der Waals surface area contributed by atoms with E-state index in [2.05, 4.69) is 51.4 Å². The highest BCUT2D eigenvalue weighted by Crippen LogP contribution is 2.30. The van der Waals surface area contributed by atoms with Gasteiger partial charge in [0.25, 0.3) is 0 Å². The summed E-state index contributed by atoms with van der Waals surface area (Å²) in [5, 5.41) is 10.7. The predicted octanol–water partition coefficient (Wildman–Crippen LogP) is 2.55. The number of nitrogens with zero attached hydrogens (tertiary/aromatic N) is 4. The molecule has 6 nitrogen and oxygen atoms in total. The van der Waals surface area contributed by atoms with E-state index in [1.54, 1.807) is 6.20 Å². The molecule has 2 aromatic heterocycles. The topological polar surface area (TPSA) is 66.3 Å². The lowest BCUT2D eigenvalue weighted by atomic mass is 10.0. The molecule has 24 heavy (non-hydrogen) atoms. The molecule has 0 amide bonds. The number of fused-ring (bicyclic) bond motifs is 1. The van der Waals surface area contributed by atoms with E-state index in [1.807, 2.05) is 6.92 Å². The highest BCUT2D eigenvalue weighted by atomic mass is 16.1. The smallest absolute Gasteiger partial charge is 0.297 e. The van der Waals surface area contributed by atoms with Crippen LogP contribution in [0.5, 0.6) is 0 Å². The second-order valence-electron chi connectivity index (χ2n) is 6.47. The van der Waals surface area contributed by atoms with Crippen LogP contribution in [-0.4, -0.2) is 37.8 Å². The molecule has 1 aliphatic heterocycles. The first-order valence-electron chi connectivity index (χ1n) is 8.42. The molecule has 124 valence electrons. The third kappa shape index (κ3) is 2.43.